The fourth-order valence-electron chi connectivity index (χ4n) is 3.19. The molecule has 2 heterocycles. The first kappa shape index (κ1) is 21.4. The number of halogens is 1. The normalized spacial score (nSPS) is 13.8. The van der Waals surface area contributed by atoms with Gasteiger partial charge in [-0.15, -0.1) is 0 Å². The molecule has 0 bridgehead atoms. The van der Waals surface area contributed by atoms with Crippen LogP contribution in [-0.2, 0) is 22.7 Å². The van der Waals surface area contributed by atoms with Gasteiger partial charge in [-0.3, -0.25) is 9.59 Å². The zero-order valence-electron chi connectivity index (χ0n) is 17.3. The Balaban J connectivity index is 1.60. The first-order valence-electron chi connectivity index (χ1n) is 10.1. The van der Waals surface area contributed by atoms with Crippen molar-refractivity contribution in [2.24, 2.45) is 5.10 Å². The number of benzene rings is 1. The number of nitrogens with one attached hydrogen (secondary N) is 1. The summed E-state index contributed by atoms with van der Waals surface area (Å²) < 4.78 is 13.1. The molecule has 30 heavy (non-hydrogen) atoms. The Bertz CT molecular complexity index is 908. The van der Waals surface area contributed by atoms with E-state index in [0.29, 0.717) is 18.7 Å². The van der Waals surface area contributed by atoms with Crippen molar-refractivity contribution in [3.05, 3.63) is 59.5 Å². The lowest BCUT2D eigenvalue weighted by Gasteiger charge is -2.23. The third kappa shape index (κ3) is 5.40. The molecule has 0 aliphatic carbocycles. The smallest absolute Gasteiger partial charge is 0.267 e. The zero-order valence-corrected chi connectivity index (χ0v) is 17.3. The van der Waals surface area contributed by atoms with Gasteiger partial charge in [0.25, 0.3) is 5.91 Å². The largest absolute Gasteiger partial charge is 0.357 e. The van der Waals surface area contributed by atoms with Gasteiger partial charge in [0.2, 0.25) is 5.91 Å². The number of amides is 2. The highest BCUT2D eigenvalue weighted by Crippen LogP contribution is 2.15. The van der Waals surface area contributed by atoms with Gasteiger partial charge in [-0.1, -0.05) is 18.2 Å². The second-order valence-electron chi connectivity index (χ2n) is 7.00. The van der Waals surface area contributed by atoms with Crippen LogP contribution in [-0.4, -0.2) is 40.6 Å². The summed E-state index contributed by atoms with van der Waals surface area (Å²) in [6.07, 6.45) is 2.26. The summed E-state index contributed by atoms with van der Waals surface area (Å²) in [5.41, 5.74) is 1.94. The predicted octanol–water partition coefficient (Wildman–Crippen LogP) is 2.86. The number of aromatic nitrogens is 1. The van der Waals surface area contributed by atoms with E-state index >= 15 is 0 Å². The fourth-order valence-corrected chi connectivity index (χ4v) is 3.19. The molecule has 0 unspecified atom stereocenters. The number of hydrogen-bond donors (Lipinski definition) is 1. The summed E-state index contributed by atoms with van der Waals surface area (Å²) in [6.45, 7) is 6.45. The summed E-state index contributed by atoms with van der Waals surface area (Å²) in [6, 6.07) is 9.74. The van der Waals surface area contributed by atoms with Crippen LogP contribution >= 0.6 is 0 Å². The van der Waals surface area contributed by atoms with Crippen molar-refractivity contribution >= 4 is 23.3 Å². The number of carbonyl (C=O) groups is 2. The number of hydrogen-bond acceptors (Lipinski definition) is 5. The average Bonchev–Trinajstić information content (AvgIpc) is 2.77. The van der Waals surface area contributed by atoms with Crippen molar-refractivity contribution < 1.29 is 14.0 Å². The van der Waals surface area contributed by atoms with Crippen LogP contribution in [0.1, 0.15) is 37.8 Å². The first-order chi connectivity index (χ1) is 14.5. The monoisotopic (exact) mass is 411 g/mol. The zero-order chi connectivity index (χ0) is 21.5. The Morgan fingerprint density at radius 1 is 1.10 bits per heavy atom. The molecule has 0 fully saturated rings. The molecule has 1 aliphatic rings. The van der Waals surface area contributed by atoms with Crippen molar-refractivity contribution in [2.75, 3.05) is 18.0 Å². The maximum Gasteiger partial charge on any atom is 0.267 e. The molecule has 0 saturated heterocycles. The summed E-state index contributed by atoms with van der Waals surface area (Å²) >= 11 is 0. The van der Waals surface area contributed by atoms with Gasteiger partial charge in [0.05, 0.1) is 6.54 Å². The molecular formula is C22H26FN5O2. The van der Waals surface area contributed by atoms with Crippen molar-refractivity contribution in [1.29, 1.82) is 0 Å². The highest BCUT2D eigenvalue weighted by atomic mass is 19.1. The van der Waals surface area contributed by atoms with Crippen LogP contribution < -0.4 is 10.2 Å². The third-order valence-corrected chi connectivity index (χ3v) is 4.96. The van der Waals surface area contributed by atoms with E-state index in [1.54, 1.807) is 18.3 Å². The predicted molar refractivity (Wildman–Crippen MR) is 113 cm³/mol. The fraction of sp³-hybridized carbons (Fsp3) is 0.364. The molecule has 1 aliphatic heterocycles. The molecule has 8 heteroatoms. The molecule has 158 valence electrons. The highest BCUT2D eigenvalue weighted by Gasteiger charge is 2.24. The Labute approximate surface area is 175 Å². The minimum Gasteiger partial charge on any atom is -0.357 e. The van der Waals surface area contributed by atoms with Crippen molar-refractivity contribution in [2.45, 2.75) is 39.8 Å². The van der Waals surface area contributed by atoms with E-state index < -0.39 is 0 Å². The molecule has 3 rings (SSSR count). The van der Waals surface area contributed by atoms with E-state index in [4.69, 9.17) is 0 Å². The number of nitrogens with zero attached hydrogens (tertiary/aromatic N) is 4. The number of hydrazone groups is 1. The lowest BCUT2D eigenvalue weighted by Crippen LogP contribution is -2.38. The summed E-state index contributed by atoms with van der Waals surface area (Å²) in [7, 11) is 0. The minimum absolute atomic E-state index is 0.160. The van der Waals surface area contributed by atoms with Crippen LogP contribution in [0.5, 0.6) is 0 Å². The topological polar surface area (TPSA) is 77.9 Å². The molecule has 2 amide bonds. The number of anilines is 1. The van der Waals surface area contributed by atoms with Gasteiger partial charge in [-0.2, -0.15) is 5.10 Å². The summed E-state index contributed by atoms with van der Waals surface area (Å²) in [5.74, 6) is 0.0973. The SMILES string of the molecule is CCN(CC)c1ccc(CNC(=O)C2=NN(Cc3ccc(F)cc3)C(=O)CC2)cn1. The van der Waals surface area contributed by atoms with Gasteiger partial charge in [0.1, 0.15) is 17.3 Å². The second-order valence-corrected chi connectivity index (χ2v) is 7.00. The van der Waals surface area contributed by atoms with Crippen molar-refractivity contribution in [3.8, 4) is 0 Å². The van der Waals surface area contributed by atoms with Gasteiger partial charge in [-0.25, -0.2) is 14.4 Å². The third-order valence-electron chi connectivity index (χ3n) is 4.96. The van der Waals surface area contributed by atoms with Crippen molar-refractivity contribution in [3.63, 3.8) is 0 Å². The summed E-state index contributed by atoms with van der Waals surface area (Å²) in [4.78, 5) is 31.3. The molecule has 2 aromatic rings. The number of carbonyl (C=O) groups excluding carboxylic acids is 2. The van der Waals surface area contributed by atoms with E-state index in [2.05, 4.69) is 34.1 Å². The maximum absolute atomic E-state index is 13.1. The molecule has 7 nitrogen and oxygen atoms in total. The Morgan fingerprint density at radius 3 is 2.43 bits per heavy atom. The summed E-state index contributed by atoms with van der Waals surface area (Å²) in [5, 5.41) is 8.34. The van der Waals surface area contributed by atoms with Crippen LogP contribution in [0.15, 0.2) is 47.7 Å². The van der Waals surface area contributed by atoms with Gasteiger partial charge in [0, 0.05) is 38.7 Å². The van der Waals surface area contributed by atoms with Crippen molar-refractivity contribution in [1.82, 2.24) is 15.3 Å². The van der Waals surface area contributed by atoms with Gasteiger partial charge < -0.3 is 10.2 Å². The second kappa shape index (κ2) is 9.96. The maximum atomic E-state index is 13.1. The first-order valence-corrected chi connectivity index (χ1v) is 10.1. The van der Waals surface area contributed by atoms with Gasteiger partial charge in [-0.05, 0) is 43.2 Å². The lowest BCUT2D eigenvalue weighted by atomic mass is 10.1. The van der Waals surface area contributed by atoms with Crippen LogP contribution in [0.25, 0.3) is 0 Å². The standard InChI is InChI=1S/C22H26FN5O2/c1-3-27(4-2)20-11-7-17(13-24-20)14-25-22(30)19-10-12-21(29)28(26-19)15-16-5-8-18(23)9-6-16/h5-9,11,13H,3-4,10,12,14-15H2,1-2H3,(H,25,30). The minimum atomic E-state index is -0.341. The molecule has 0 spiro atoms. The molecule has 0 saturated carbocycles. The average molecular weight is 411 g/mol. The van der Waals surface area contributed by atoms with Crippen LogP contribution in [0.2, 0.25) is 0 Å². The van der Waals surface area contributed by atoms with Crippen LogP contribution in [0.4, 0.5) is 10.2 Å². The number of pyridine rings is 1. The van der Waals surface area contributed by atoms with E-state index in [1.807, 2.05) is 12.1 Å². The van der Waals surface area contributed by atoms with E-state index in [0.717, 1.165) is 30.0 Å². The Morgan fingerprint density at radius 2 is 1.80 bits per heavy atom. The van der Waals surface area contributed by atoms with E-state index in [1.165, 1.54) is 17.1 Å². The van der Waals surface area contributed by atoms with Gasteiger partial charge in [0.15, 0.2) is 0 Å². The highest BCUT2D eigenvalue weighted by molar-refractivity contribution is 6.39. The molecule has 0 atom stereocenters. The van der Waals surface area contributed by atoms with E-state index in [9.17, 15) is 14.0 Å². The quantitative estimate of drug-likeness (QED) is 0.725. The van der Waals surface area contributed by atoms with E-state index in [-0.39, 0.29) is 30.6 Å². The molecule has 1 aromatic carbocycles. The van der Waals surface area contributed by atoms with Gasteiger partial charge >= 0.3 is 0 Å². The number of rotatable bonds is 8. The molecular weight excluding hydrogens is 385 g/mol. The molecule has 1 N–H and O–H groups in total. The molecule has 1 aromatic heterocycles. The van der Waals surface area contributed by atoms with Crippen LogP contribution in [0, 0.1) is 5.82 Å². The molecule has 0 radical (unpaired) electrons. The lowest BCUT2D eigenvalue weighted by molar-refractivity contribution is -0.132. The Hall–Kier alpha value is -3.29. The van der Waals surface area contributed by atoms with Crippen LogP contribution in [0.3, 0.4) is 0 Å². The Kier molecular flexibility index (Phi) is 7.11.